The second-order valence-electron chi connectivity index (χ2n) is 7.31. The fourth-order valence-electron chi connectivity index (χ4n) is 2.72. The lowest BCUT2D eigenvalue weighted by Crippen LogP contribution is -2.45. The lowest BCUT2D eigenvalue weighted by atomic mass is 9.82. The predicted octanol–water partition coefficient (Wildman–Crippen LogP) is 3.07. The highest BCUT2D eigenvalue weighted by atomic mass is 32.2. The molecule has 3 N–H and O–H groups in total. The van der Waals surface area contributed by atoms with Crippen LogP contribution in [0.15, 0.2) is 23.1 Å². The van der Waals surface area contributed by atoms with Crippen molar-refractivity contribution in [1.29, 1.82) is 0 Å². The summed E-state index contributed by atoms with van der Waals surface area (Å²) >= 11 is 0. The molecule has 0 saturated carbocycles. The van der Waals surface area contributed by atoms with Gasteiger partial charge in [-0.2, -0.15) is 0 Å². The minimum absolute atomic E-state index is 0.0393. The molecule has 0 aliphatic heterocycles. The van der Waals surface area contributed by atoms with Gasteiger partial charge in [0.25, 0.3) is 0 Å². The molecule has 0 fully saturated rings. The van der Waals surface area contributed by atoms with Crippen LogP contribution in [0.5, 0.6) is 0 Å². The Morgan fingerprint density at radius 2 is 1.65 bits per heavy atom. The van der Waals surface area contributed by atoms with Crippen LogP contribution in [0.25, 0.3) is 0 Å². The molecule has 1 aromatic carbocycles. The Labute approximate surface area is 122 Å². The highest BCUT2D eigenvalue weighted by Crippen LogP contribution is 2.28. The number of nitrogen functional groups attached to an aromatic ring is 1. The molecule has 0 radical (unpaired) electrons. The van der Waals surface area contributed by atoms with Gasteiger partial charge in [-0.15, -0.1) is 0 Å². The van der Waals surface area contributed by atoms with E-state index in [4.69, 9.17) is 5.73 Å². The van der Waals surface area contributed by atoms with Crippen molar-refractivity contribution in [3.63, 3.8) is 0 Å². The maximum atomic E-state index is 12.5. The molecule has 0 unspecified atom stereocenters. The summed E-state index contributed by atoms with van der Waals surface area (Å²) in [4.78, 5) is 0.219. The molecule has 0 atom stereocenters. The molecule has 1 rings (SSSR count). The Kier molecular flexibility index (Phi) is 4.56. The molecular weight excluding hydrogens is 272 g/mol. The van der Waals surface area contributed by atoms with Crippen LogP contribution >= 0.6 is 0 Å². The average Bonchev–Trinajstić information content (AvgIpc) is 2.09. The lowest BCUT2D eigenvalue weighted by Gasteiger charge is -2.33. The first-order valence-corrected chi connectivity index (χ1v) is 8.20. The van der Waals surface area contributed by atoms with Crippen LogP contribution in [0.3, 0.4) is 0 Å². The minimum atomic E-state index is -3.57. The van der Waals surface area contributed by atoms with E-state index in [2.05, 4.69) is 25.5 Å². The van der Waals surface area contributed by atoms with Crippen LogP contribution in [0.2, 0.25) is 0 Å². The van der Waals surface area contributed by atoms with Gasteiger partial charge in [0, 0.05) is 11.2 Å². The molecule has 0 heterocycles. The molecule has 0 amide bonds. The van der Waals surface area contributed by atoms with Gasteiger partial charge in [0.05, 0.1) is 4.90 Å². The van der Waals surface area contributed by atoms with Crippen LogP contribution in [0.1, 0.15) is 46.6 Å². The van der Waals surface area contributed by atoms with Crippen molar-refractivity contribution in [1.82, 2.24) is 4.72 Å². The molecule has 1 aromatic rings. The summed E-state index contributed by atoms with van der Waals surface area (Å²) in [5.41, 5.74) is 6.54. The Morgan fingerprint density at radius 1 is 1.10 bits per heavy atom. The van der Waals surface area contributed by atoms with E-state index < -0.39 is 15.6 Å². The Balaban J connectivity index is 3.06. The number of nitrogens with one attached hydrogen (secondary N) is 1. The normalized spacial score (nSPS) is 13.5. The summed E-state index contributed by atoms with van der Waals surface area (Å²) in [5.74, 6) is 0. The van der Waals surface area contributed by atoms with E-state index >= 15 is 0 Å². The topological polar surface area (TPSA) is 72.2 Å². The van der Waals surface area contributed by atoms with Gasteiger partial charge in [0.15, 0.2) is 0 Å². The number of anilines is 1. The highest BCUT2D eigenvalue weighted by Gasteiger charge is 2.30. The zero-order valence-corrected chi connectivity index (χ0v) is 14.1. The van der Waals surface area contributed by atoms with E-state index in [1.807, 2.05) is 20.8 Å². The van der Waals surface area contributed by atoms with Crippen molar-refractivity contribution in [2.45, 2.75) is 58.4 Å². The van der Waals surface area contributed by atoms with Gasteiger partial charge in [-0.1, -0.05) is 20.8 Å². The van der Waals surface area contributed by atoms with Crippen molar-refractivity contribution < 1.29 is 8.42 Å². The smallest absolute Gasteiger partial charge is 0.241 e. The Bertz CT molecular complexity index is 564. The molecule has 0 aromatic heterocycles. The molecule has 0 saturated heterocycles. The lowest BCUT2D eigenvalue weighted by molar-refractivity contribution is 0.269. The van der Waals surface area contributed by atoms with Crippen molar-refractivity contribution in [3.8, 4) is 0 Å². The summed E-state index contributed by atoms with van der Waals surface area (Å²) in [6.45, 7) is 11.9. The molecule has 0 aliphatic rings. The number of nitrogens with two attached hydrogens (primary N) is 1. The van der Waals surface area contributed by atoms with E-state index in [1.54, 1.807) is 12.1 Å². The molecule has 4 nitrogen and oxygen atoms in total. The second kappa shape index (κ2) is 5.37. The van der Waals surface area contributed by atoms with Gasteiger partial charge >= 0.3 is 0 Å². The third kappa shape index (κ3) is 5.13. The molecule has 0 spiro atoms. The number of benzene rings is 1. The fourth-order valence-corrected chi connectivity index (χ4v) is 4.27. The predicted molar refractivity (Wildman–Crippen MR) is 84.1 cm³/mol. The molecule has 114 valence electrons. The van der Waals surface area contributed by atoms with Gasteiger partial charge < -0.3 is 5.73 Å². The van der Waals surface area contributed by atoms with Gasteiger partial charge in [-0.3, -0.25) is 0 Å². The monoisotopic (exact) mass is 298 g/mol. The van der Waals surface area contributed by atoms with Crippen LogP contribution in [0, 0.1) is 12.3 Å². The number of hydrogen-bond acceptors (Lipinski definition) is 3. The SMILES string of the molecule is Cc1cc(N)cc(S(=O)(=O)NC(C)(C)CC(C)(C)C)c1. The van der Waals surface area contributed by atoms with Crippen molar-refractivity contribution >= 4 is 15.7 Å². The minimum Gasteiger partial charge on any atom is -0.399 e. The van der Waals surface area contributed by atoms with E-state index in [-0.39, 0.29) is 10.3 Å². The van der Waals surface area contributed by atoms with E-state index in [1.165, 1.54) is 6.07 Å². The summed E-state index contributed by atoms with van der Waals surface area (Å²) in [6.07, 6.45) is 0.737. The summed E-state index contributed by atoms with van der Waals surface area (Å²) in [5, 5.41) is 0. The largest absolute Gasteiger partial charge is 0.399 e. The van der Waals surface area contributed by atoms with E-state index in [9.17, 15) is 8.42 Å². The zero-order chi connectivity index (χ0) is 15.8. The summed E-state index contributed by atoms with van der Waals surface area (Å²) < 4.78 is 27.7. The molecular formula is C15H26N2O2S. The van der Waals surface area contributed by atoms with Crippen molar-refractivity contribution in [2.24, 2.45) is 5.41 Å². The van der Waals surface area contributed by atoms with Crippen molar-refractivity contribution in [3.05, 3.63) is 23.8 Å². The molecule has 0 bridgehead atoms. The van der Waals surface area contributed by atoms with Gasteiger partial charge in [0.2, 0.25) is 10.0 Å². The van der Waals surface area contributed by atoms with Crippen molar-refractivity contribution in [2.75, 3.05) is 5.73 Å². The maximum absolute atomic E-state index is 12.5. The molecule has 0 aliphatic carbocycles. The van der Waals surface area contributed by atoms with Crippen LogP contribution < -0.4 is 10.5 Å². The standard InChI is InChI=1S/C15H26N2O2S/c1-11-7-12(16)9-13(8-11)20(18,19)17-15(5,6)10-14(2,3)4/h7-9,17H,10,16H2,1-6H3. The number of rotatable bonds is 4. The molecule has 5 heteroatoms. The van der Waals surface area contributed by atoms with E-state index in [0.29, 0.717) is 5.69 Å². The first-order valence-electron chi connectivity index (χ1n) is 6.72. The zero-order valence-electron chi connectivity index (χ0n) is 13.2. The van der Waals surface area contributed by atoms with Crippen LogP contribution in [0.4, 0.5) is 5.69 Å². The summed E-state index contributed by atoms with van der Waals surface area (Å²) in [6, 6.07) is 4.87. The number of sulfonamides is 1. The highest BCUT2D eigenvalue weighted by molar-refractivity contribution is 7.89. The molecule has 20 heavy (non-hydrogen) atoms. The third-order valence-corrected chi connectivity index (χ3v) is 4.44. The number of aryl methyl sites for hydroxylation is 1. The average molecular weight is 298 g/mol. The first-order chi connectivity index (χ1) is 8.81. The number of hydrogen-bond donors (Lipinski definition) is 2. The Hall–Kier alpha value is -1.07. The van der Waals surface area contributed by atoms with Gasteiger partial charge in [0.1, 0.15) is 0 Å². The second-order valence-corrected chi connectivity index (χ2v) is 8.99. The quantitative estimate of drug-likeness (QED) is 0.839. The maximum Gasteiger partial charge on any atom is 0.241 e. The van der Waals surface area contributed by atoms with Gasteiger partial charge in [-0.05, 0) is 56.4 Å². The Morgan fingerprint density at radius 3 is 2.10 bits per heavy atom. The fraction of sp³-hybridized carbons (Fsp3) is 0.600. The van der Waals surface area contributed by atoms with E-state index in [0.717, 1.165) is 12.0 Å². The van der Waals surface area contributed by atoms with Gasteiger partial charge in [-0.25, -0.2) is 13.1 Å². The van der Waals surface area contributed by atoms with Crippen LogP contribution in [-0.4, -0.2) is 14.0 Å². The third-order valence-electron chi connectivity index (χ3n) is 2.77. The first kappa shape index (κ1) is 17.0. The van der Waals surface area contributed by atoms with Crippen LogP contribution in [-0.2, 0) is 10.0 Å². The summed E-state index contributed by atoms with van der Waals surface area (Å²) in [7, 11) is -3.57.